The van der Waals surface area contributed by atoms with Crippen molar-refractivity contribution in [3.63, 3.8) is 0 Å². The van der Waals surface area contributed by atoms with Gasteiger partial charge in [-0.25, -0.2) is 9.50 Å². The molecule has 0 atom stereocenters. The van der Waals surface area contributed by atoms with Crippen LogP contribution in [0.3, 0.4) is 0 Å². The number of rotatable bonds is 2. The highest BCUT2D eigenvalue weighted by molar-refractivity contribution is 14.1. The lowest BCUT2D eigenvalue weighted by Crippen LogP contribution is -1.95. The average Bonchev–Trinajstić information content (AvgIpc) is 2.99. The number of fused-ring (bicyclic) bond motifs is 1. The topological polar surface area (TPSA) is 39.4 Å². The Labute approximate surface area is 101 Å². The summed E-state index contributed by atoms with van der Waals surface area (Å²) < 4.78 is 8.18. The molecular formula is C10H10IN3O. The molecule has 0 amide bonds. The van der Waals surface area contributed by atoms with Crippen molar-refractivity contribution >= 4 is 28.2 Å². The smallest absolute Gasteiger partial charge is 0.199 e. The fourth-order valence-electron chi connectivity index (χ4n) is 1.60. The number of nitrogens with zero attached hydrogens (tertiary/aromatic N) is 3. The SMILES string of the molecule is COc1ccc(I)n2nc(C3CC3)nc12. The quantitative estimate of drug-likeness (QED) is 0.630. The summed E-state index contributed by atoms with van der Waals surface area (Å²) in [6, 6.07) is 3.92. The Morgan fingerprint density at radius 1 is 1.47 bits per heavy atom. The Balaban J connectivity index is 2.25. The van der Waals surface area contributed by atoms with Crippen LogP contribution in [-0.2, 0) is 0 Å². The molecule has 0 bridgehead atoms. The van der Waals surface area contributed by atoms with E-state index in [0.29, 0.717) is 5.92 Å². The summed E-state index contributed by atoms with van der Waals surface area (Å²) in [5.74, 6) is 2.32. The van der Waals surface area contributed by atoms with E-state index in [9.17, 15) is 0 Å². The third-order valence-electron chi connectivity index (χ3n) is 2.58. The van der Waals surface area contributed by atoms with Gasteiger partial charge in [0.25, 0.3) is 0 Å². The molecule has 0 spiro atoms. The minimum absolute atomic E-state index is 0.574. The molecule has 5 heteroatoms. The molecule has 1 aliphatic carbocycles. The third-order valence-corrected chi connectivity index (χ3v) is 3.40. The van der Waals surface area contributed by atoms with Crippen LogP contribution in [0.5, 0.6) is 5.75 Å². The standard InChI is InChI=1S/C10H10IN3O/c1-15-7-4-5-8(11)14-10(7)12-9(13-14)6-2-3-6/h4-6H,2-3H2,1H3. The maximum Gasteiger partial charge on any atom is 0.199 e. The van der Waals surface area contributed by atoms with Crippen molar-refractivity contribution in [1.82, 2.24) is 14.6 Å². The lowest BCUT2D eigenvalue weighted by atomic mass is 10.4. The van der Waals surface area contributed by atoms with E-state index >= 15 is 0 Å². The molecule has 0 unspecified atom stereocenters. The number of methoxy groups -OCH3 is 1. The van der Waals surface area contributed by atoms with E-state index < -0.39 is 0 Å². The molecule has 2 aromatic heterocycles. The minimum Gasteiger partial charge on any atom is -0.493 e. The van der Waals surface area contributed by atoms with Gasteiger partial charge in [0, 0.05) is 5.92 Å². The average molecular weight is 315 g/mol. The van der Waals surface area contributed by atoms with Crippen LogP contribution in [0.2, 0.25) is 0 Å². The molecule has 2 aromatic rings. The van der Waals surface area contributed by atoms with Crippen molar-refractivity contribution in [2.75, 3.05) is 7.11 Å². The van der Waals surface area contributed by atoms with E-state index in [1.165, 1.54) is 12.8 Å². The third kappa shape index (κ3) is 1.49. The van der Waals surface area contributed by atoms with Crippen LogP contribution in [-0.4, -0.2) is 21.7 Å². The number of hydrogen-bond donors (Lipinski definition) is 0. The molecule has 3 rings (SSSR count). The van der Waals surface area contributed by atoms with Gasteiger partial charge >= 0.3 is 0 Å². The molecule has 0 aliphatic heterocycles. The van der Waals surface area contributed by atoms with E-state index in [2.05, 4.69) is 32.7 Å². The molecule has 0 saturated heterocycles. The molecule has 1 saturated carbocycles. The number of aromatic nitrogens is 3. The lowest BCUT2D eigenvalue weighted by Gasteiger charge is -2.01. The first-order chi connectivity index (χ1) is 7.29. The number of halogens is 1. The van der Waals surface area contributed by atoms with Gasteiger partial charge in [-0.15, -0.1) is 5.10 Å². The van der Waals surface area contributed by atoms with Crippen molar-refractivity contribution in [2.24, 2.45) is 0 Å². The van der Waals surface area contributed by atoms with Gasteiger partial charge in [0.2, 0.25) is 0 Å². The van der Waals surface area contributed by atoms with Gasteiger partial charge in [-0.1, -0.05) is 0 Å². The number of hydrogen-bond acceptors (Lipinski definition) is 3. The summed E-state index contributed by atoms with van der Waals surface area (Å²) in [6.07, 6.45) is 2.44. The zero-order chi connectivity index (χ0) is 10.4. The Morgan fingerprint density at radius 3 is 2.93 bits per heavy atom. The van der Waals surface area contributed by atoms with Gasteiger partial charge in [0.15, 0.2) is 17.2 Å². The second kappa shape index (κ2) is 3.33. The van der Waals surface area contributed by atoms with E-state index in [1.807, 2.05) is 16.6 Å². The Bertz CT molecular complexity index is 519. The van der Waals surface area contributed by atoms with Crippen LogP contribution < -0.4 is 4.74 Å². The largest absolute Gasteiger partial charge is 0.493 e. The fourth-order valence-corrected chi connectivity index (χ4v) is 2.12. The summed E-state index contributed by atoms with van der Waals surface area (Å²) in [7, 11) is 1.66. The van der Waals surface area contributed by atoms with Gasteiger partial charge < -0.3 is 4.74 Å². The molecule has 1 fully saturated rings. The first kappa shape index (κ1) is 9.38. The van der Waals surface area contributed by atoms with Crippen LogP contribution in [0, 0.1) is 3.70 Å². The zero-order valence-electron chi connectivity index (χ0n) is 8.27. The van der Waals surface area contributed by atoms with Gasteiger partial charge in [0.1, 0.15) is 3.70 Å². The second-order valence-electron chi connectivity index (χ2n) is 3.70. The summed E-state index contributed by atoms with van der Waals surface area (Å²) in [4.78, 5) is 4.53. The zero-order valence-corrected chi connectivity index (χ0v) is 10.4. The Kier molecular flexibility index (Phi) is 2.08. The first-order valence-electron chi connectivity index (χ1n) is 4.89. The highest BCUT2D eigenvalue weighted by Gasteiger charge is 2.28. The van der Waals surface area contributed by atoms with Gasteiger partial charge in [-0.05, 0) is 47.6 Å². The summed E-state index contributed by atoms with van der Waals surface area (Å²) >= 11 is 2.25. The molecule has 0 aromatic carbocycles. The van der Waals surface area contributed by atoms with Crippen LogP contribution in [0.1, 0.15) is 24.6 Å². The van der Waals surface area contributed by atoms with Crippen LogP contribution in [0.4, 0.5) is 0 Å². The fraction of sp³-hybridized carbons (Fsp3) is 0.400. The Morgan fingerprint density at radius 2 is 2.27 bits per heavy atom. The molecule has 4 nitrogen and oxygen atoms in total. The molecule has 15 heavy (non-hydrogen) atoms. The highest BCUT2D eigenvalue weighted by Crippen LogP contribution is 2.38. The van der Waals surface area contributed by atoms with Gasteiger partial charge in [0.05, 0.1) is 7.11 Å². The predicted octanol–water partition coefficient (Wildman–Crippen LogP) is 2.22. The molecule has 0 N–H and O–H groups in total. The normalized spacial score (nSPS) is 15.9. The highest BCUT2D eigenvalue weighted by atomic mass is 127. The van der Waals surface area contributed by atoms with Crippen LogP contribution >= 0.6 is 22.6 Å². The number of pyridine rings is 1. The second-order valence-corrected chi connectivity index (χ2v) is 4.81. The van der Waals surface area contributed by atoms with E-state index in [4.69, 9.17) is 4.74 Å². The molecular weight excluding hydrogens is 305 g/mol. The minimum atomic E-state index is 0.574. The van der Waals surface area contributed by atoms with Crippen molar-refractivity contribution in [1.29, 1.82) is 0 Å². The monoisotopic (exact) mass is 315 g/mol. The summed E-state index contributed by atoms with van der Waals surface area (Å²) in [5, 5.41) is 4.50. The van der Waals surface area contributed by atoms with Crippen molar-refractivity contribution in [2.45, 2.75) is 18.8 Å². The van der Waals surface area contributed by atoms with Gasteiger partial charge in [-0.3, -0.25) is 0 Å². The molecule has 2 heterocycles. The van der Waals surface area contributed by atoms with E-state index in [-0.39, 0.29) is 0 Å². The summed E-state index contributed by atoms with van der Waals surface area (Å²) in [6.45, 7) is 0. The first-order valence-corrected chi connectivity index (χ1v) is 5.96. The van der Waals surface area contributed by atoms with Crippen LogP contribution in [0.25, 0.3) is 5.65 Å². The maximum absolute atomic E-state index is 5.27. The lowest BCUT2D eigenvalue weighted by molar-refractivity contribution is 0.416. The van der Waals surface area contributed by atoms with Crippen LogP contribution in [0.15, 0.2) is 12.1 Å². The van der Waals surface area contributed by atoms with E-state index in [0.717, 1.165) is 20.9 Å². The van der Waals surface area contributed by atoms with Gasteiger partial charge in [-0.2, -0.15) is 0 Å². The molecule has 1 aliphatic rings. The molecule has 78 valence electrons. The summed E-state index contributed by atoms with van der Waals surface area (Å²) in [5.41, 5.74) is 0.825. The van der Waals surface area contributed by atoms with Crippen molar-refractivity contribution in [3.05, 3.63) is 21.7 Å². The maximum atomic E-state index is 5.27. The predicted molar refractivity (Wildman–Crippen MR) is 64.2 cm³/mol. The number of ether oxygens (including phenoxy) is 1. The van der Waals surface area contributed by atoms with Crippen molar-refractivity contribution < 1.29 is 4.74 Å². The Hall–Kier alpha value is -0.850. The van der Waals surface area contributed by atoms with E-state index in [1.54, 1.807) is 7.11 Å². The van der Waals surface area contributed by atoms with Crippen molar-refractivity contribution in [3.8, 4) is 5.75 Å². The molecule has 0 radical (unpaired) electrons.